The van der Waals surface area contributed by atoms with E-state index in [0.29, 0.717) is 5.56 Å². The van der Waals surface area contributed by atoms with Crippen LogP contribution in [0.15, 0.2) is 18.2 Å². The van der Waals surface area contributed by atoms with E-state index < -0.39 is 4.92 Å². The second-order valence-corrected chi connectivity index (χ2v) is 5.16. The number of amides is 1. The first-order valence-electron chi connectivity index (χ1n) is 6.27. The van der Waals surface area contributed by atoms with Gasteiger partial charge in [-0.05, 0) is 32.4 Å². The molecule has 0 spiro atoms. The second-order valence-electron chi connectivity index (χ2n) is 5.16. The first kappa shape index (κ1) is 15.9. The molecule has 1 aromatic carbocycles. The van der Waals surface area contributed by atoms with Crippen LogP contribution in [0.5, 0.6) is 0 Å². The van der Waals surface area contributed by atoms with E-state index in [1.165, 1.54) is 18.2 Å². The van der Waals surface area contributed by atoms with Gasteiger partial charge in [0.05, 0.1) is 4.92 Å². The predicted molar refractivity (Wildman–Crippen MR) is 77.4 cm³/mol. The van der Waals surface area contributed by atoms with Crippen LogP contribution < -0.4 is 11.3 Å². The van der Waals surface area contributed by atoms with Crippen LogP contribution in [0.3, 0.4) is 0 Å². The summed E-state index contributed by atoms with van der Waals surface area (Å²) in [7, 11) is 1.71. The lowest BCUT2D eigenvalue weighted by atomic mass is 9.98. The molecule has 0 saturated heterocycles. The van der Waals surface area contributed by atoms with E-state index in [0.717, 1.165) is 6.42 Å². The first-order valence-corrected chi connectivity index (χ1v) is 6.27. The number of hydrazine groups is 1. The number of hydrogen-bond donors (Lipinski definition) is 2. The molecule has 0 heterocycles. The maximum atomic E-state index is 12.4. The zero-order chi connectivity index (χ0) is 15.5. The summed E-state index contributed by atoms with van der Waals surface area (Å²) >= 11 is 0. The molecule has 0 aliphatic heterocycles. The number of hydrogen-bond acceptors (Lipinski definition) is 5. The van der Waals surface area contributed by atoms with Crippen LogP contribution in [0, 0.1) is 10.1 Å². The van der Waals surface area contributed by atoms with Gasteiger partial charge in [0.25, 0.3) is 11.6 Å². The van der Waals surface area contributed by atoms with Gasteiger partial charge in [-0.1, -0.05) is 6.92 Å². The molecule has 7 heteroatoms. The van der Waals surface area contributed by atoms with Crippen molar-refractivity contribution < 1.29 is 9.72 Å². The third-order valence-corrected chi connectivity index (χ3v) is 3.67. The Morgan fingerprint density at radius 2 is 2.10 bits per heavy atom. The molecule has 0 saturated carbocycles. The van der Waals surface area contributed by atoms with E-state index in [9.17, 15) is 14.9 Å². The van der Waals surface area contributed by atoms with Gasteiger partial charge in [-0.25, -0.2) is 0 Å². The van der Waals surface area contributed by atoms with Crippen molar-refractivity contribution >= 4 is 17.3 Å². The van der Waals surface area contributed by atoms with Crippen LogP contribution >= 0.6 is 0 Å². The van der Waals surface area contributed by atoms with Crippen LogP contribution in [0.2, 0.25) is 0 Å². The van der Waals surface area contributed by atoms with Crippen molar-refractivity contribution in [2.75, 3.05) is 12.5 Å². The van der Waals surface area contributed by atoms with Crippen LogP contribution in [0.4, 0.5) is 11.4 Å². The highest BCUT2D eigenvalue weighted by Gasteiger charge is 2.27. The Kier molecular flexibility index (Phi) is 4.67. The predicted octanol–water partition coefficient (Wildman–Crippen LogP) is 2.14. The minimum Gasteiger partial charge on any atom is -0.337 e. The zero-order valence-electron chi connectivity index (χ0n) is 12.1. The van der Waals surface area contributed by atoms with Crippen LogP contribution in [0.1, 0.15) is 37.6 Å². The maximum Gasteiger partial charge on any atom is 0.293 e. The molecule has 0 aliphatic carbocycles. The highest BCUT2D eigenvalue weighted by molar-refractivity contribution is 5.96. The highest BCUT2D eigenvalue weighted by Crippen LogP contribution is 2.26. The molecule has 0 unspecified atom stereocenters. The number of rotatable bonds is 5. The molecule has 0 aliphatic rings. The molecule has 3 N–H and O–H groups in total. The van der Waals surface area contributed by atoms with Gasteiger partial charge in [-0.15, -0.1) is 0 Å². The Balaban J connectivity index is 3.15. The molecule has 1 amide bonds. The average molecular weight is 280 g/mol. The van der Waals surface area contributed by atoms with Crippen molar-refractivity contribution in [3.05, 3.63) is 33.9 Å². The molecule has 0 atom stereocenters. The SMILES string of the molecule is CCC(C)(C)N(C)C(=O)c1ccc([N+](=O)[O-])c(NN)c1. The number of nitrogen functional groups attached to an aromatic ring is 1. The Labute approximate surface area is 117 Å². The summed E-state index contributed by atoms with van der Waals surface area (Å²) in [5, 5.41) is 10.8. The quantitative estimate of drug-likeness (QED) is 0.489. The maximum absolute atomic E-state index is 12.4. The monoisotopic (exact) mass is 280 g/mol. The Bertz CT molecular complexity index is 528. The second kappa shape index (κ2) is 5.87. The number of anilines is 1. The lowest BCUT2D eigenvalue weighted by molar-refractivity contribution is -0.384. The molecule has 20 heavy (non-hydrogen) atoms. The van der Waals surface area contributed by atoms with E-state index in [1.807, 2.05) is 20.8 Å². The normalized spacial score (nSPS) is 11.1. The van der Waals surface area contributed by atoms with Gasteiger partial charge in [0.1, 0.15) is 5.69 Å². The van der Waals surface area contributed by atoms with Gasteiger partial charge in [-0.3, -0.25) is 20.8 Å². The number of nitrogens with one attached hydrogen (secondary N) is 1. The van der Waals surface area contributed by atoms with Crippen LogP contribution in [0.25, 0.3) is 0 Å². The fourth-order valence-electron chi connectivity index (χ4n) is 1.65. The van der Waals surface area contributed by atoms with E-state index in [-0.39, 0.29) is 22.8 Å². The van der Waals surface area contributed by atoms with Gasteiger partial charge in [0.15, 0.2) is 0 Å². The minimum absolute atomic E-state index is 0.114. The summed E-state index contributed by atoms with van der Waals surface area (Å²) in [6.07, 6.45) is 0.796. The highest BCUT2D eigenvalue weighted by atomic mass is 16.6. The number of carbonyl (C=O) groups is 1. The molecule has 0 aromatic heterocycles. The fraction of sp³-hybridized carbons (Fsp3) is 0.462. The number of carbonyl (C=O) groups excluding carboxylic acids is 1. The van der Waals surface area contributed by atoms with E-state index in [4.69, 9.17) is 5.84 Å². The van der Waals surface area contributed by atoms with E-state index in [2.05, 4.69) is 5.43 Å². The van der Waals surface area contributed by atoms with E-state index in [1.54, 1.807) is 11.9 Å². The van der Waals surface area contributed by atoms with Crippen molar-refractivity contribution in [3.63, 3.8) is 0 Å². The fourth-order valence-corrected chi connectivity index (χ4v) is 1.65. The minimum atomic E-state index is -0.552. The number of benzene rings is 1. The summed E-state index contributed by atoms with van der Waals surface area (Å²) in [4.78, 5) is 24.3. The van der Waals surface area contributed by atoms with Crippen LogP contribution in [-0.4, -0.2) is 28.3 Å². The Morgan fingerprint density at radius 1 is 1.50 bits per heavy atom. The molecular formula is C13H20N4O3. The van der Waals surface area contributed by atoms with Crippen LogP contribution in [-0.2, 0) is 0 Å². The summed E-state index contributed by atoms with van der Waals surface area (Å²) < 4.78 is 0. The third-order valence-electron chi connectivity index (χ3n) is 3.67. The Morgan fingerprint density at radius 3 is 2.55 bits per heavy atom. The molecule has 0 bridgehead atoms. The first-order chi connectivity index (χ1) is 9.24. The number of nitrogens with two attached hydrogens (primary N) is 1. The van der Waals surface area contributed by atoms with Gasteiger partial charge < -0.3 is 10.3 Å². The lowest BCUT2D eigenvalue weighted by Gasteiger charge is -2.35. The molecule has 1 aromatic rings. The van der Waals surface area contributed by atoms with Crippen molar-refractivity contribution in [2.45, 2.75) is 32.7 Å². The molecule has 0 fully saturated rings. The van der Waals surface area contributed by atoms with Crippen molar-refractivity contribution in [1.29, 1.82) is 0 Å². The summed E-state index contributed by atoms with van der Waals surface area (Å²) in [6, 6.07) is 4.10. The summed E-state index contributed by atoms with van der Waals surface area (Å²) in [5.41, 5.74) is 2.26. The van der Waals surface area contributed by atoms with Crippen molar-refractivity contribution in [2.24, 2.45) is 5.84 Å². The van der Waals surface area contributed by atoms with Gasteiger partial charge >= 0.3 is 0 Å². The van der Waals surface area contributed by atoms with E-state index >= 15 is 0 Å². The lowest BCUT2D eigenvalue weighted by Crippen LogP contribution is -2.44. The molecule has 0 radical (unpaired) electrons. The number of nitrogens with zero attached hydrogens (tertiary/aromatic N) is 2. The largest absolute Gasteiger partial charge is 0.337 e. The standard InChI is InChI=1S/C13H20N4O3/c1-5-13(2,3)16(4)12(18)9-6-7-11(17(19)20)10(8-9)15-14/h6-8,15H,5,14H2,1-4H3. The topological polar surface area (TPSA) is 102 Å². The molecule has 7 nitrogen and oxygen atoms in total. The van der Waals surface area contributed by atoms with Gasteiger partial charge in [-0.2, -0.15) is 0 Å². The number of nitro groups is 1. The molecular weight excluding hydrogens is 260 g/mol. The average Bonchev–Trinajstić information content (AvgIpc) is 2.44. The summed E-state index contributed by atoms with van der Waals surface area (Å²) in [5.74, 6) is 5.06. The van der Waals surface area contributed by atoms with Gasteiger partial charge in [0.2, 0.25) is 0 Å². The number of nitro benzene ring substituents is 1. The zero-order valence-corrected chi connectivity index (χ0v) is 12.1. The smallest absolute Gasteiger partial charge is 0.293 e. The molecule has 1 rings (SSSR count). The Hall–Kier alpha value is -2.15. The third kappa shape index (κ3) is 3.05. The van der Waals surface area contributed by atoms with Gasteiger partial charge in [0, 0.05) is 24.2 Å². The van der Waals surface area contributed by atoms with Crippen molar-refractivity contribution in [3.8, 4) is 0 Å². The van der Waals surface area contributed by atoms with Crippen molar-refractivity contribution in [1.82, 2.24) is 4.90 Å². The summed E-state index contributed by atoms with van der Waals surface area (Å²) in [6.45, 7) is 5.91. The molecule has 110 valence electrons.